The third-order valence-corrected chi connectivity index (χ3v) is 4.18. The first-order valence-electron chi connectivity index (χ1n) is 6.48. The number of nitrogens with one attached hydrogen (secondary N) is 1. The Labute approximate surface area is 111 Å². The summed E-state index contributed by atoms with van der Waals surface area (Å²) in [6, 6.07) is 2.14. The van der Waals surface area contributed by atoms with Gasteiger partial charge in [0.2, 0.25) is 0 Å². The molecule has 0 aromatic carbocycles. The standard InChI is InChI=1S/C13H19NO3S/c1-6-18-10-11(1)7-14-8-12-9-16-13(17-12)2-4-15-5-3-13/h1,6,10,12,14H,2-5,7-9H2. The fourth-order valence-electron chi connectivity index (χ4n) is 2.43. The van der Waals surface area contributed by atoms with E-state index in [4.69, 9.17) is 14.2 Å². The number of ether oxygens (including phenoxy) is 3. The Morgan fingerprint density at radius 2 is 2.28 bits per heavy atom. The molecule has 1 unspecified atom stereocenters. The van der Waals surface area contributed by atoms with Gasteiger partial charge in [-0.2, -0.15) is 11.3 Å². The fraction of sp³-hybridized carbons (Fsp3) is 0.692. The molecule has 3 heterocycles. The van der Waals surface area contributed by atoms with E-state index in [0.29, 0.717) is 6.61 Å². The van der Waals surface area contributed by atoms with Crippen molar-refractivity contribution in [2.75, 3.05) is 26.4 Å². The maximum atomic E-state index is 6.05. The lowest BCUT2D eigenvalue weighted by Gasteiger charge is -2.31. The molecule has 2 saturated heterocycles. The first-order chi connectivity index (χ1) is 8.86. The Morgan fingerprint density at radius 3 is 3.06 bits per heavy atom. The normalized spacial score (nSPS) is 26.8. The lowest BCUT2D eigenvalue weighted by atomic mass is 10.1. The van der Waals surface area contributed by atoms with E-state index in [9.17, 15) is 0 Å². The summed E-state index contributed by atoms with van der Waals surface area (Å²) in [7, 11) is 0. The van der Waals surface area contributed by atoms with Gasteiger partial charge in [0.1, 0.15) is 0 Å². The number of hydrogen-bond donors (Lipinski definition) is 1. The van der Waals surface area contributed by atoms with Crippen molar-refractivity contribution in [1.29, 1.82) is 0 Å². The fourth-order valence-corrected chi connectivity index (χ4v) is 3.10. The van der Waals surface area contributed by atoms with Crippen molar-refractivity contribution in [2.24, 2.45) is 0 Å². The Hall–Kier alpha value is -0.460. The molecule has 4 nitrogen and oxygen atoms in total. The third-order valence-electron chi connectivity index (χ3n) is 3.45. The summed E-state index contributed by atoms with van der Waals surface area (Å²) in [5.41, 5.74) is 1.33. The molecule has 1 N–H and O–H groups in total. The van der Waals surface area contributed by atoms with Crippen LogP contribution in [-0.2, 0) is 20.8 Å². The van der Waals surface area contributed by atoms with Gasteiger partial charge in [-0.05, 0) is 22.4 Å². The van der Waals surface area contributed by atoms with Gasteiger partial charge in [0, 0.05) is 25.9 Å². The van der Waals surface area contributed by atoms with Gasteiger partial charge in [-0.25, -0.2) is 0 Å². The van der Waals surface area contributed by atoms with Crippen LogP contribution in [0.2, 0.25) is 0 Å². The van der Waals surface area contributed by atoms with Gasteiger partial charge >= 0.3 is 0 Å². The highest BCUT2D eigenvalue weighted by atomic mass is 32.1. The highest BCUT2D eigenvalue weighted by Gasteiger charge is 2.42. The van der Waals surface area contributed by atoms with Crippen LogP contribution in [-0.4, -0.2) is 38.3 Å². The summed E-state index contributed by atoms with van der Waals surface area (Å²) >= 11 is 1.73. The predicted octanol–water partition coefficient (Wildman–Crippen LogP) is 1.76. The second-order valence-corrected chi connectivity index (χ2v) is 5.62. The first-order valence-corrected chi connectivity index (χ1v) is 7.42. The van der Waals surface area contributed by atoms with Crippen molar-refractivity contribution >= 4 is 11.3 Å². The van der Waals surface area contributed by atoms with Crippen LogP contribution in [0.3, 0.4) is 0 Å². The Bertz CT molecular complexity index is 362. The average molecular weight is 269 g/mol. The molecule has 0 radical (unpaired) electrons. The van der Waals surface area contributed by atoms with Crippen molar-refractivity contribution in [3.05, 3.63) is 22.4 Å². The molecule has 1 aromatic rings. The molecule has 2 aliphatic heterocycles. The second-order valence-electron chi connectivity index (χ2n) is 4.84. The second kappa shape index (κ2) is 5.67. The van der Waals surface area contributed by atoms with E-state index in [0.717, 1.165) is 39.1 Å². The van der Waals surface area contributed by atoms with Gasteiger partial charge in [0.25, 0.3) is 0 Å². The van der Waals surface area contributed by atoms with Crippen molar-refractivity contribution in [2.45, 2.75) is 31.3 Å². The van der Waals surface area contributed by atoms with Crippen LogP contribution in [0.5, 0.6) is 0 Å². The summed E-state index contributed by atoms with van der Waals surface area (Å²) < 4.78 is 17.2. The Kier molecular flexibility index (Phi) is 3.96. The van der Waals surface area contributed by atoms with Gasteiger partial charge in [0.05, 0.1) is 25.9 Å². The molecule has 2 aliphatic rings. The Morgan fingerprint density at radius 1 is 1.39 bits per heavy atom. The van der Waals surface area contributed by atoms with E-state index >= 15 is 0 Å². The van der Waals surface area contributed by atoms with E-state index in [2.05, 4.69) is 22.1 Å². The molecule has 0 saturated carbocycles. The molecular weight excluding hydrogens is 250 g/mol. The zero-order valence-corrected chi connectivity index (χ0v) is 11.2. The summed E-state index contributed by atoms with van der Waals surface area (Å²) in [6.45, 7) is 3.93. The molecule has 5 heteroatoms. The quantitative estimate of drug-likeness (QED) is 0.904. The summed E-state index contributed by atoms with van der Waals surface area (Å²) in [5, 5.41) is 7.69. The molecule has 3 rings (SSSR count). The number of hydrogen-bond acceptors (Lipinski definition) is 5. The zero-order chi connectivity index (χ0) is 12.3. The minimum Gasteiger partial charge on any atom is -0.381 e. The van der Waals surface area contributed by atoms with Crippen LogP contribution in [0.25, 0.3) is 0 Å². The monoisotopic (exact) mass is 269 g/mol. The molecule has 18 heavy (non-hydrogen) atoms. The predicted molar refractivity (Wildman–Crippen MR) is 69.6 cm³/mol. The van der Waals surface area contributed by atoms with E-state index < -0.39 is 0 Å². The third kappa shape index (κ3) is 2.92. The lowest BCUT2D eigenvalue weighted by Crippen LogP contribution is -2.39. The molecule has 0 amide bonds. The topological polar surface area (TPSA) is 39.7 Å². The molecule has 0 bridgehead atoms. The smallest absolute Gasteiger partial charge is 0.173 e. The summed E-state index contributed by atoms with van der Waals surface area (Å²) in [6.07, 6.45) is 1.88. The SMILES string of the molecule is c1cc(CNCC2COC3(CCOCC3)O2)cs1. The van der Waals surface area contributed by atoms with Crippen LogP contribution in [0.4, 0.5) is 0 Å². The minimum atomic E-state index is -0.354. The van der Waals surface area contributed by atoms with Gasteiger partial charge in [-0.15, -0.1) is 0 Å². The van der Waals surface area contributed by atoms with E-state index in [1.165, 1.54) is 5.56 Å². The zero-order valence-electron chi connectivity index (χ0n) is 10.4. The number of thiophene rings is 1. The van der Waals surface area contributed by atoms with Crippen molar-refractivity contribution < 1.29 is 14.2 Å². The van der Waals surface area contributed by atoms with E-state index in [1.807, 2.05) is 0 Å². The molecular formula is C13H19NO3S. The largest absolute Gasteiger partial charge is 0.381 e. The maximum absolute atomic E-state index is 6.05. The Balaban J connectivity index is 1.42. The van der Waals surface area contributed by atoms with Crippen LogP contribution in [0, 0.1) is 0 Å². The molecule has 0 aliphatic carbocycles. The van der Waals surface area contributed by atoms with Gasteiger partial charge in [0.15, 0.2) is 5.79 Å². The maximum Gasteiger partial charge on any atom is 0.173 e. The van der Waals surface area contributed by atoms with Crippen molar-refractivity contribution in [3.8, 4) is 0 Å². The van der Waals surface area contributed by atoms with Crippen LogP contribution < -0.4 is 5.32 Å². The van der Waals surface area contributed by atoms with Crippen LogP contribution in [0.15, 0.2) is 16.8 Å². The van der Waals surface area contributed by atoms with Crippen molar-refractivity contribution in [1.82, 2.24) is 5.32 Å². The van der Waals surface area contributed by atoms with Crippen LogP contribution in [0.1, 0.15) is 18.4 Å². The van der Waals surface area contributed by atoms with Crippen LogP contribution >= 0.6 is 11.3 Å². The van der Waals surface area contributed by atoms with Gasteiger partial charge in [-0.1, -0.05) is 0 Å². The molecule has 2 fully saturated rings. The highest BCUT2D eigenvalue weighted by molar-refractivity contribution is 7.07. The number of rotatable bonds is 4. The highest BCUT2D eigenvalue weighted by Crippen LogP contribution is 2.32. The van der Waals surface area contributed by atoms with Crippen molar-refractivity contribution in [3.63, 3.8) is 0 Å². The summed E-state index contributed by atoms with van der Waals surface area (Å²) in [5.74, 6) is -0.354. The van der Waals surface area contributed by atoms with E-state index in [-0.39, 0.29) is 11.9 Å². The lowest BCUT2D eigenvalue weighted by molar-refractivity contribution is -0.210. The average Bonchev–Trinajstić information content (AvgIpc) is 3.02. The van der Waals surface area contributed by atoms with Gasteiger partial charge in [-0.3, -0.25) is 0 Å². The molecule has 100 valence electrons. The molecule has 1 atom stereocenters. The molecule has 1 aromatic heterocycles. The molecule has 1 spiro atoms. The van der Waals surface area contributed by atoms with Gasteiger partial charge < -0.3 is 19.5 Å². The minimum absolute atomic E-state index is 0.168. The first kappa shape index (κ1) is 12.6. The summed E-state index contributed by atoms with van der Waals surface area (Å²) in [4.78, 5) is 0. The van der Waals surface area contributed by atoms with E-state index in [1.54, 1.807) is 11.3 Å².